The van der Waals surface area contributed by atoms with Crippen LogP contribution in [0.4, 0.5) is 0 Å². The van der Waals surface area contributed by atoms with Crippen LogP contribution in [0, 0.1) is 5.92 Å². The molecule has 0 saturated heterocycles. The first-order valence-corrected chi connectivity index (χ1v) is 4.70. The molecule has 69 valence electrons. The molecule has 2 rings (SSSR count). The number of rotatable bonds is 2. The van der Waals surface area contributed by atoms with Crippen molar-refractivity contribution in [1.82, 2.24) is 9.88 Å². The van der Waals surface area contributed by atoms with Gasteiger partial charge in [-0.15, -0.1) is 0 Å². The van der Waals surface area contributed by atoms with Gasteiger partial charge in [0, 0.05) is 25.8 Å². The van der Waals surface area contributed by atoms with Crippen LogP contribution in [0.15, 0.2) is 18.3 Å². The van der Waals surface area contributed by atoms with Crippen molar-refractivity contribution < 1.29 is 0 Å². The molecule has 1 aliphatic rings. The largest absolute Gasteiger partial charge is 0.293 e. The summed E-state index contributed by atoms with van der Waals surface area (Å²) in [5.74, 6) is 1.47. The van der Waals surface area contributed by atoms with Gasteiger partial charge in [-0.25, -0.2) is 0 Å². The molecule has 2 heterocycles. The molecule has 0 spiro atoms. The molecule has 0 saturated carbocycles. The number of hydrogen-bond donors (Lipinski definition) is 0. The molecule has 0 atom stereocenters. The van der Waals surface area contributed by atoms with Gasteiger partial charge in [-0.05, 0) is 17.5 Å². The molecule has 2 nitrogen and oxygen atoms in total. The molecule has 13 heavy (non-hydrogen) atoms. The Balaban J connectivity index is 2.05. The van der Waals surface area contributed by atoms with Crippen molar-refractivity contribution >= 4 is 0 Å². The fraction of sp³-hybridized carbons (Fsp3) is 0.455. The van der Waals surface area contributed by atoms with Gasteiger partial charge in [0.2, 0.25) is 0 Å². The average molecular weight is 175 g/mol. The lowest BCUT2D eigenvalue weighted by atomic mass is 10.2. The molecular formula is C11H15N2. The molecule has 1 radical (unpaired) electrons. The standard InChI is InChI=1S/C11H15N2/c1-9(2)6-13-7-10-4-3-5-12-11(10)8-13/h3-5H,6-8H2,1-2H3. The summed E-state index contributed by atoms with van der Waals surface area (Å²) in [6, 6.07) is 4.19. The third-order valence-electron chi connectivity index (χ3n) is 2.29. The number of hydrogen-bond acceptors (Lipinski definition) is 2. The van der Waals surface area contributed by atoms with E-state index in [4.69, 9.17) is 0 Å². The van der Waals surface area contributed by atoms with Gasteiger partial charge >= 0.3 is 0 Å². The topological polar surface area (TPSA) is 16.1 Å². The summed E-state index contributed by atoms with van der Waals surface area (Å²) in [5.41, 5.74) is 2.65. The van der Waals surface area contributed by atoms with E-state index in [1.54, 1.807) is 0 Å². The second-order valence-corrected chi connectivity index (χ2v) is 3.96. The highest BCUT2D eigenvalue weighted by molar-refractivity contribution is 5.23. The predicted octanol–water partition coefficient (Wildman–Crippen LogP) is 2.01. The van der Waals surface area contributed by atoms with Gasteiger partial charge < -0.3 is 0 Å². The molecule has 0 unspecified atom stereocenters. The molecule has 0 fully saturated rings. The normalized spacial score (nSPS) is 16.5. The summed E-state index contributed by atoms with van der Waals surface area (Å²) < 4.78 is 0. The van der Waals surface area contributed by atoms with E-state index in [9.17, 15) is 0 Å². The van der Waals surface area contributed by atoms with Crippen molar-refractivity contribution in [2.24, 2.45) is 0 Å². The molecule has 0 bridgehead atoms. The molecule has 1 aliphatic heterocycles. The van der Waals surface area contributed by atoms with Gasteiger partial charge in [-0.2, -0.15) is 0 Å². The molecular weight excluding hydrogens is 160 g/mol. The fourth-order valence-electron chi connectivity index (χ4n) is 1.83. The average Bonchev–Trinajstić information content (AvgIpc) is 2.44. The van der Waals surface area contributed by atoms with E-state index in [1.165, 1.54) is 17.2 Å². The van der Waals surface area contributed by atoms with Crippen molar-refractivity contribution in [1.29, 1.82) is 0 Å². The van der Waals surface area contributed by atoms with Crippen molar-refractivity contribution in [3.8, 4) is 0 Å². The van der Waals surface area contributed by atoms with E-state index < -0.39 is 0 Å². The summed E-state index contributed by atoms with van der Waals surface area (Å²) in [5, 5.41) is 0. The van der Waals surface area contributed by atoms with E-state index in [2.05, 4.69) is 29.8 Å². The van der Waals surface area contributed by atoms with Crippen LogP contribution in [0.3, 0.4) is 0 Å². The van der Waals surface area contributed by atoms with Crippen LogP contribution in [0.1, 0.15) is 25.1 Å². The van der Waals surface area contributed by atoms with Crippen molar-refractivity contribution in [3.63, 3.8) is 0 Å². The van der Waals surface area contributed by atoms with E-state index in [0.717, 1.165) is 19.6 Å². The maximum Gasteiger partial charge on any atom is 0.0589 e. The Hall–Kier alpha value is -0.890. The number of fused-ring (bicyclic) bond motifs is 1. The number of nitrogens with zero attached hydrogens (tertiary/aromatic N) is 2. The highest BCUT2D eigenvalue weighted by atomic mass is 15.2. The highest BCUT2D eigenvalue weighted by Crippen LogP contribution is 2.20. The summed E-state index contributed by atoms with van der Waals surface area (Å²) in [7, 11) is 0. The molecule has 0 aliphatic carbocycles. The van der Waals surface area contributed by atoms with Crippen molar-refractivity contribution in [3.05, 3.63) is 35.5 Å². The monoisotopic (exact) mass is 175 g/mol. The van der Waals surface area contributed by atoms with Crippen LogP contribution < -0.4 is 0 Å². The van der Waals surface area contributed by atoms with Gasteiger partial charge in [0.05, 0.1) is 5.69 Å². The van der Waals surface area contributed by atoms with Crippen LogP contribution in [-0.4, -0.2) is 16.4 Å². The highest BCUT2D eigenvalue weighted by Gasteiger charge is 2.19. The third-order valence-corrected chi connectivity index (χ3v) is 2.29. The van der Waals surface area contributed by atoms with Crippen molar-refractivity contribution in [2.45, 2.75) is 26.9 Å². The number of aromatic nitrogens is 1. The maximum atomic E-state index is 4.37. The van der Waals surface area contributed by atoms with Gasteiger partial charge in [-0.3, -0.25) is 9.88 Å². The van der Waals surface area contributed by atoms with Crippen LogP contribution in [0.2, 0.25) is 0 Å². The Kier molecular flexibility index (Phi) is 2.32. The zero-order valence-electron chi connectivity index (χ0n) is 8.25. The predicted molar refractivity (Wildman–Crippen MR) is 52.9 cm³/mol. The first-order chi connectivity index (χ1) is 6.25. The zero-order valence-corrected chi connectivity index (χ0v) is 8.25. The number of pyridine rings is 1. The summed E-state index contributed by atoms with van der Waals surface area (Å²) in [6.45, 7) is 7.53. The lowest BCUT2D eigenvalue weighted by Gasteiger charge is -2.16. The summed E-state index contributed by atoms with van der Waals surface area (Å²) >= 11 is 0. The minimum Gasteiger partial charge on any atom is -0.293 e. The fourth-order valence-corrected chi connectivity index (χ4v) is 1.83. The Bertz CT molecular complexity index is 269. The van der Waals surface area contributed by atoms with E-state index in [-0.39, 0.29) is 0 Å². The molecule has 0 aromatic carbocycles. The first-order valence-electron chi connectivity index (χ1n) is 4.70. The van der Waals surface area contributed by atoms with Crippen LogP contribution in [0.5, 0.6) is 0 Å². The quantitative estimate of drug-likeness (QED) is 0.683. The third kappa shape index (κ3) is 1.89. The van der Waals surface area contributed by atoms with Gasteiger partial charge in [0.25, 0.3) is 0 Å². The van der Waals surface area contributed by atoms with Crippen LogP contribution >= 0.6 is 0 Å². The Labute approximate surface area is 79.6 Å². The lowest BCUT2D eigenvalue weighted by Crippen LogP contribution is -2.20. The summed E-state index contributed by atoms with van der Waals surface area (Å²) in [6.07, 6.45) is 1.88. The molecule has 2 heteroatoms. The second kappa shape index (κ2) is 3.46. The Morgan fingerprint density at radius 2 is 2.31 bits per heavy atom. The van der Waals surface area contributed by atoms with Crippen molar-refractivity contribution in [2.75, 3.05) is 6.54 Å². The van der Waals surface area contributed by atoms with Crippen LogP contribution in [0.25, 0.3) is 0 Å². The van der Waals surface area contributed by atoms with E-state index in [0.29, 0.717) is 0 Å². The van der Waals surface area contributed by atoms with E-state index in [1.807, 2.05) is 12.3 Å². The SMILES string of the molecule is C[C](C)CN1Cc2cccnc2C1. The van der Waals surface area contributed by atoms with Gasteiger partial charge in [0.1, 0.15) is 0 Å². The minimum atomic E-state index is 1.02. The summed E-state index contributed by atoms with van der Waals surface area (Å²) in [4.78, 5) is 6.79. The van der Waals surface area contributed by atoms with Gasteiger partial charge in [0.15, 0.2) is 0 Å². The first kappa shape index (κ1) is 8.70. The Morgan fingerprint density at radius 3 is 3.00 bits per heavy atom. The molecule has 0 amide bonds. The second-order valence-electron chi connectivity index (χ2n) is 3.96. The maximum absolute atomic E-state index is 4.37. The van der Waals surface area contributed by atoms with Gasteiger partial charge in [-0.1, -0.05) is 19.9 Å². The molecule has 0 N–H and O–H groups in total. The molecule has 1 aromatic heterocycles. The Morgan fingerprint density at radius 1 is 1.46 bits per heavy atom. The smallest absolute Gasteiger partial charge is 0.0589 e. The van der Waals surface area contributed by atoms with E-state index >= 15 is 0 Å². The minimum absolute atomic E-state index is 1.02. The lowest BCUT2D eigenvalue weighted by molar-refractivity contribution is 0.294. The molecule has 1 aromatic rings. The van der Waals surface area contributed by atoms with Crippen LogP contribution in [-0.2, 0) is 13.1 Å². The zero-order chi connectivity index (χ0) is 9.26.